The second-order valence-corrected chi connectivity index (χ2v) is 6.04. The summed E-state index contributed by atoms with van der Waals surface area (Å²) in [5, 5.41) is 4.46. The minimum Gasteiger partial charge on any atom is -0.314 e. The normalized spacial score (nSPS) is 21.4. The zero-order chi connectivity index (χ0) is 13.8. The van der Waals surface area contributed by atoms with Gasteiger partial charge in [-0.1, -0.05) is 54.1 Å². The molecule has 0 heterocycles. The Kier molecular flexibility index (Phi) is 4.39. The molecule has 1 nitrogen and oxygen atoms in total. The number of hydrogen-bond acceptors (Lipinski definition) is 1. The Morgan fingerprint density at radius 3 is 2.35 bits per heavy atom. The number of benzene rings is 2. The zero-order valence-corrected chi connectivity index (χ0v) is 12.3. The molecule has 0 radical (unpaired) electrons. The van der Waals surface area contributed by atoms with Gasteiger partial charge < -0.3 is 5.32 Å². The number of halogens is 1. The zero-order valence-electron chi connectivity index (χ0n) is 11.6. The van der Waals surface area contributed by atoms with Gasteiger partial charge in [-0.15, -0.1) is 0 Å². The SMILES string of the molecule is Clc1ccc(CCNC2CC(c3ccccc3)C2)cc1. The lowest BCUT2D eigenvalue weighted by Crippen LogP contribution is -2.40. The molecule has 1 saturated carbocycles. The summed E-state index contributed by atoms with van der Waals surface area (Å²) in [6.45, 7) is 1.05. The van der Waals surface area contributed by atoms with E-state index >= 15 is 0 Å². The van der Waals surface area contributed by atoms with E-state index in [0.29, 0.717) is 6.04 Å². The predicted octanol–water partition coefficient (Wildman–Crippen LogP) is 4.42. The van der Waals surface area contributed by atoms with Gasteiger partial charge in [0.1, 0.15) is 0 Å². The Labute approximate surface area is 126 Å². The molecule has 3 rings (SSSR count). The van der Waals surface area contributed by atoms with Gasteiger partial charge in [-0.2, -0.15) is 0 Å². The molecule has 0 amide bonds. The third-order valence-corrected chi connectivity index (χ3v) is 4.42. The Morgan fingerprint density at radius 1 is 0.950 bits per heavy atom. The van der Waals surface area contributed by atoms with Gasteiger partial charge in [-0.25, -0.2) is 0 Å². The first-order valence-electron chi connectivity index (χ1n) is 7.34. The smallest absolute Gasteiger partial charge is 0.0406 e. The Balaban J connectivity index is 1.38. The number of nitrogens with one attached hydrogen (secondary N) is 1. The monoisotopic (exact) mass is 285 g/mol. The summed E-state index contributed by atoms with van der Waals surface area (Å²) in [6, 6.07) is 19.7. The molecule has 0 aromatic heterocycles. The third-order valence-electron chi connectivity index (χ3n) is 4.17. The highest BCUT2D eigenvalue weighted by atomic mass is 35.5. The van der Waals surface area contributed by atoms with Crippen molar-refractivity contribution < 1.29 is 0 Å². The van der Waals surface area contributed by atoms with Crippen LogP contribution in [0.2, 0.25) is 5.02 Å². The molecule has 0 aliphatic heterocycles. The van der Waals surface area contributed by atoms with E-state index in [2.05, 4.69) is 47.8 Å². The van der Waals surface area contributed by atoms with Gasteiger partial charge in [0.15, 0.2) is 0 Å². The maximum atomic E-state index is 5.89. The second kappa shape index (κ2) is 6.43. The molecule has 1 aliphatic rings. The lowest BCUT2D eigenvalue weighted by Gasteiger charge is -2.36. The van der Waals surface area contributed by atoms with E-state index in [4.69, 9.17) is 11.6 Å². The molecule has 2 aromatic rings. The van der Waals surface area contributed by atoms with Crippen LogP contribution >= 0.6 is 11.6 Å². The lowest BCUT2D eigenvalue weighted by molar-refractivity contribution is 0.293. The van der Waals surface area contributed by atoms with Gasteiger partial charge in [-0.3, -0.25) is 0 Å². The summed E-state index contributed by atoms with van der Waals surface area (Å²) in [5.41, 5.74) is 2.84. The van der Waals surface area contributed by atoms with Crippen molar-refractivity contribution in [1.82, 2.24) is 5.32 Å². The molecule has 20 heavy (non-hydrogen) atoms. The van der Waals surface area contributed by atoms with E-state index in [9.17, 15) is 0 Å². The van der Waals surface area contributed by atoms with Gasteiger partial charge >= 0.3 is 0 Å². The molecule has 0 bridgehead atoms. The van der Waals surface area contributed by atoms with Gasteiger partial charge in [0, 0.05) is 11.1 Å². The van der Waals surface area contributed by atoms with Crippen molar-refractivity contribution >= 4 is 11.6 Å². The van der Waals surface area contributed by atoms with Crippen molar-refractivity contribution in [3.63, 3.8) is 0 Å². The van der Waals surface area contributed by atoms with Crippen LogP contribution in [0, 0.1) is 0 Å². The molecular weight excluding hydrogens is 266 g/mol. The fourth-order valence-corrected chi connectivity index (χ4v) is 2.98. The van der Waals surface area contributed by atoms with Crippen LogP contribution in [0.4, 0.5) is 0 Å². The van der Waals surface area contributed by atoms with Crippen molar-refractivity contribution in [3.8, 4) is 0 Å². The van der Waals surface area contributed by atoms with Crippen molar-refractivity contribution in [2.45, 2.75) is 31.2 Å². The topological polar surface area (TPSA) is 12.0 Å². The molecule has 0 saturated heterocycles. The van der Waals surface area contributed by atoms with Crippen LogP contribution in [-0.4, -0.2) is 12.6 Å². The fraction of sp³-hybridized carbons (Fsp3) is 0.333. The summed E-state index contributed by atoms with van der Waals surface area (Å²) in [4.78, 5) is 0. The molecule has 1 fully saturated rings. The quantitative estimate of drug-likeness (QED) is 0.857. The van der Waals surface area contributed by atoms with Gasteiger partial charge in [0.2, 0.25) is 0 Å². The van der Waals surface area contributed by atoms with Crippen molar-refractivity contribution in [3.05, 3.63) is 70.7 Å². The first kappa shape index (κ1) is 13.7. The Morgan fingerprint density at radius 2 is 1.65 bits per heavy atom. The van der Waals surface area contributed by atoms with Crippen LogP contribution in [-0.2, 0) is 6.42 Å². The molecule has 0 unspecified atom stereocenters. The first-order chi connectivity index (χ1) is 9.81. The van der Waals surface area contributed by atoms with E-state index in [1.54, 1.807) is 0 Å². The number of rotatable bonds is 5. The maximum Gasteiger partial charge on any atom is 0.0406 e. The minimum atomic E-state index is 0.688. The summed E-state index contributed by atoms with van der Waals surface area (Å²) in [7, 11) is 0. The Hall–Kier alpha value is -1.31. The standard InChI is InChI=1S/C18H20ClN/c19-17-8-6-14(7-9-17)10-11-20-18-12-16(13-18)15-4-2-1-3-5-15/h1-9,16,18,20H,10-13H2. The van der Waals surface area contributed by atoms with E-state index in [1.165, 1.54) is 24.0 Å². The van der Waals surface area contributed by atoms with Gasteiger partial charge in [-0.05, 0) is 55.0 Å². The fourth-order valence-electron chi connectivity index (χ4n) is 2.85. The average molecular weight is 286 g/mol. The van der Waals surface area contributed by atoms with Gasteiger partial charge in [0.05, 0.1) is 0 Å². The van der Waals surface area contributed by atoms with Crippen molar-refractivity contribution in [2.24, 2.45) is 0 Å². The molecule has 2 heteroatoms. The average Bonchev–Trinajstić information content (AvgIpc) is 2.44. The van der Waals surface area contributed by atoms with Crippen LogP contribution < -0.4 is 5.32 Å². The minimum absolute atomic E-state index is 0.688. The summed E-state index contributed by atoms with van der Waals surface area (Å²) in [5.74, 6) is 0.754. The highest BCUT2D eigenvalue weighted by Gasteiger charge is 2.29. The van der Waals surface area contributed by atoms with Crippen LogP contribution in [0.5, 0.6) is 0 Å². The highest BCUT2D eigenvalue weighted by molar-refractivity contribution is 6.30. The summed E-state index contributed by atoms with van der Waals surface area (Å²) >= 11 is 5.89. The van der Waals surface area contributed by atoms with Crippen LogP contribution in [0.1, 0.15) is 29.9 Å². The van der Waals surface area contributed by atoms with Crippen LogP contribution in [0.25, 0.3) is 0 Å². The highest BCUT2D eigenvalue weighted by Crippen LogP contribution is 2.36. The molecule has 2 aromatic carbocycles. The third kappa shape index (κ3) is 3.41. The second-order valence-electron chi connectivity index (χ2n) is 5.61. The lowest BCUT2D eigenvalue weighted by atomic mass is 9.76. The summed E-state index contributed by atoms with van der Waals surface area (Å²) < 4.78 is 0. The Bertz CT molecular complexity index is 529. The largest absolute Gasteiger partial charge is 0.314 e. The van der Waals surface area contributed by atoms with Crippen LogP contribution in [0.15, 0.2) is 54.6 Å². The number of hydrogen-bond donors (Lipinski definition) is 1. The molecule has 0 atom stereocenters. The van der Waals surface area contributed by atoms with Gasteiger partial charge in [0.25, 0.3) is 0 Å². The predicted molar refractivity (Wildman–Crippen MR) is 85.4 cm³/mol. The van der Waals surface area contributed by atoms with E-state index in [0.717, 1.165) is 23.9 Å². The van der Waals surface area contributed by atoms with E-state index < -0.39 is 0 Å². The summed E-state index contributed by atoms with van der Waals surface area (Å²) in [6.07, 6.45) is 3.61. The maximum absolute atomic E-state index is 5.89. The van der Waals surface area contributed by atoms with E-state index in [-0.39, 0.29) is 0 Å². The molecule has 1 aliphatic carbocycles. The molecule has 0 spiro atoms. The first-order valence-corrected chi connectivity index (χ1v) is 7.72. The van der Waals surface area contributed by atoms with E-state index in [1.807, 2.05) is 12.1 Å². The molecular formula is C18H20ClN. The van der Waals surface area contributed by atoms with Crippen molar-refractivity contribution in [2.75, 3.05) is 6.54 Å². The molecule has 1 N–H and O–H groups in total. The van der Waals surface area contributed by atoms with Crippen LogP contribution in [0.3, 0.4) is 0 Å². The van der Waals surface area contributed by atoms with Crippen molar-refractivity contribution in [1.29, 1.82) is 0 Å². The molecule has 104 valence electrons.